The molecule has 22 heavy (non-hydrogen) atoms. The Kier molecular flexibility index (Phi) is 5.94. The van der Waals surface area contributed by atoms with E-state index >= 15 is 0 Å². The third-order valence-electron chi connectivity index (χ3n) is 2.69. The largest absolute Gasteiger partial charge is 0.383 e. The summed E-state index contributed by atoms with van der Waals surface area (Å²) < 4.78 is 4.91. The Labute approximate surface area is 137 Å². The fourth-order valence-corrected chi connectivity index (χ4v) is 1.90. The van der Waals surface area contributed by atoms with E-state index in [0.29, 0.717) is 34.7 Å². The fraction of sp³-hybridized carbons (Fsp3) is 0.214. The minimum atomic E-state index is -0.380. The van der Waals surface area contributed by atoms with Gasteiger partial charge in [-0.3, -0.25) is 4.79 Å². The van der Waals surface area contributed by atoms with Gasteiger partial charge in [0.05, 0.1) is 16.7 Å². The van der Waals surface area contributed by atoms with Crippen LogP contribution in [-0.4, -0.2) is 36.4 Å². The van der Waals surface area contributed by atoms with Gasteiger partial charge in [0.25, 0.3) is 5.91 Å². The minimum Gasteiger partial charge on any atom is -0.383 e. The van der Waals surface area contributed by atoms with Gasteiger partial charge in [-0.25, -0.2) is 0 Å². The zero-order chi connectivity index (χ0) is 15.9. The van der Waals surface area contributed by atoms with Crippen LogP contribution in [0.3, 0.4) is 0 Å². The number of hydrogen-bond donors (Lipinski definition) is 2. The third kappa shape index (κ3) is 4.56. The highest BCUT2D eigenvalue weighted by Gasteiger charge is 2.09. The molecule has 2 aromatic rings. The van der Waals surface area contributed by atoms with E-state index in [1.165, 1.54) is 0 Å². The molecule has 0 saturated carbocycles. The van der Waals surface area contributed by atoms with Gasteiger partial charge in [0.1, 0.15) is 5.82 Å². The summed E-state index contributed by atoms with van der Waals surface area (Å²) in [6, 6.07) is 8.07. The molecule has 1 amide bonds. The number of carbonyl (C=O) groups is 1. The van der Waals surface area contributed by atoms with Crippen molar-refractivity contribution < 1.29 is 9.53 Å². The van der Waals surface area contributed by atoms with Gasteiger partial charge >= 0.3 is 0 Å². The summed E-state index contributed by atoms with van der Waals surface area (Å²) in [5.41, 5.74) is 0.729. The summed E-state index contributed by atoms with van der Waals surface area (Å²) in [6.45, 7) is 1.17. The number of ether oxygens (including phenoxy) is 1. The Morgan fingerprint density at radius 1 is 1.18 bits per heavy atom. The highest BCUT2D eigenvalue weighted by atomic mass is 35.5. The second kappa shape index (κ2) is 7.93. The molecule has 116 valence electrons. The number of aromatic nitrogens is 2. The summed E-state index contributed by atoms with van der Waals surface area (Å²) in [6.07, 6.45) is 0. The Morgan fingerprint density at radius 3 is 2.64 bits per heavy atom. The number of benzene rings is 1. The summed E-state index contributed by atoms with van der Waals surface area (Å²) >= 11 is 11.7. The molecule has 0 radical (unpaired) electrons. The molecule has 0 aliphatic heterocycles. The zero-order valence-electron chi connectivity index (χ0n) is 11.8. The number of halogens is 2. The maximum atomic E-state index is 12.1. The average Bonchev–Trinajstić information content (AvgIpc) is 2.52. The highest BCUT2D eigenvalue weighted by Crippen LogP contribution is 2.25. The lowest BCUT2D eigenvalue weighted by molar-refractivity contribution is 0.102. The topological polar surface area (TPSA) is 76.1 Å². The molecule has 6 nitrogen and oxygen atoms in total. The van der Waals surface area contributed by atoms with Crippen LogP contribution in [0.2, 0.25) is 10.0 Å². The smallest absolute Gasteiger partial charge is 0.276 e. The second-order valence-electron chi connectivity index (χ2n) is 4.31. The van der Waals surface area contributed by atoms with E-state index in [1.807, 2.05) is 0 Å². The molecule has 1 aromatic heterocycles. The molecule has 0 aliphatic rings. The van der Waals surface area contributed by atoms with Crippen LogP contribution in [-0.2, 0) is 4.74 Å². The molecule has 2 N–H and O–H groups in total. The molecule has 8 heteroatoms. The van der Waals surface area contributed by atoms with Crippen LogP contribution in [0.1, 0.15) is 10.5 Å². The molecule has 0 spiro atoms. The van der Waals surface area contributed by atoms with E-state index in [9.17, 15) is 4.79 Å². The van der Waals surface area contributed by atoms with E-state index in [1.54, 1.807) is 37.4 Å². The first-order valence-corrected chi connectivity index (χ1v) is 7.18. The van der Waals surface area contributed by atoms with Crippen molar-refractivity contribution in [1.82, 2.24) is 10.2 Å². The first kappa shape index (κ1) is 16.5. The van der Waals surface area contributed by atoms with Crippen molar-refractivity contribution in [3.63, 3.8) is 0 Å². The van der Waals surface area contributed by atoms with Crippen molar-refractivity contribution >= 4 is 40.6 Å². The fourth-order valence-electron chi connectivity index (χ4n) is 1.60. The Bertz CT molecular complexity index is 650. The van der Waals surface area contributed by atoms with Gasteiger partial charge in [-0.15, -0.1) is 10.2 Å². The predicted molar refractivity (Wildman–Crippen MR) is 86.8 cm³/mol. The van der Waals surface area contributed by atoms with E-state index in [4.69, 9.17) is 27.9 Å². The summed E-state index contributed by atoms with van der Waals surface area (Å²) in [7, 11) is 1.61. The quantitative estimate of drug-likeness (QED) is 0.790. The van der Waals surface area contributed by atoms with Gasteiger partial charge < -0.3 is 15.4 Å². The van der Waals surface area contributed by atoms with E-state index in [0.717, 1.165) is 0 Å². The summed E-state index contributed by atoms with van der Waals surface area (Å²) in [5, 5.41) is 14.3. The van der Waals surface area contributed by atoms with E-state index < -0.39 is 0 Å². The Balaban J connectivity index is 1.98. The molecule has 0 unspecified atom stereocenters. The first-order valence-electron chi connectivity index (χ1n) is 6.43. The normalized spacial score (nSPS) is 10.3. The number of rotatable bonds is 6. The maximum absolute atomic E-state index is 12.1. The molecule has 0 atom stereocenters. The lowest BCUT2D eigenvalue weighted by Gasteiger charge is -2.07. The number of methoxy groups -OCH3 is 1. The van der Waals surface area contributed by atoms with Crippen LogP contribution in [0.5, 0.6) is 0 Å². The number of nitrogens with one attached hydrogen (secondary N) is 2. The van der Waals surface area contributed by atoms with Crippen LogP contribution in [0.4, 0.5) is 11.5 Å². The number of hydrogen-bond acceptors (Lipinski definition) is 5. The number of carbonyl (C=O) groups excluding carboxylic acids is 1. The molecule has 0 fully saturated rings. The number of anilines is 2. The van der Waals surface area contributed by atoms with Crippen LogP contribution in [0, 0.1) is 0 Å². The van der Waals surface area contributed by atoms with E-state index in [2.05, 4.69) is 20.8 Å². The highest BCUT2D eigenvalue weighted by molar-refractivity contribution is 6.42. The SMILES string of the molecule is COCCNc1ccc(C(=O)Nc2ccc(Cl)c(Cl)c2)nn1. The molecule has 0 bridgehead atoms. The molecule has 0 aliphatic carbocycles. The average molecular weight is 341 g/mol. The van der Waals surface area contributed by atoms with Gasteiger partial charge in [0.2, 0.25) is 0 Å². The summed E-state index contributed by atoms with van der Waals surface area (Å²) in [4.78, 5) is 12.1. The van der Waals surface area contributed by atoms with Crippen LogP contribution >= 0.6 is 23.2 Å². The molecule has 0 saturated heterocycles. The van der Waals surface area contributed by atoms with Crippen LogP contribution in [0.25, 0.3) is 0 Å². The van der Waals surface area contributed by atoms with Gasteiger partial charge in [0, 0.05) is 19.3 Å². The monoisotopic (exact) mass is 340 g/mol. The Hall–Kier alpha value is -1.89. The van der Waals surface area contributed by atoms with Crippen molar-refractivity contribution in [1.29, 1.82) is 0 Å². The van der Waals surface area contributed by atoms with Crippen molar-refractivity contribution in [2.24, 2.45) is 0 Å². The lowest BCUT2D eigenvalue weighted by Crippen LogP contribution is -2.15. The van der Waals surface area contributed by atoms with Gasteiger partial charge in [-0.2, -0.15) is 0 Å². The Morgan fingerprint density at radius 2 is 2.00 bits per heavy atom. The number of nitrogens with zero attached hydrogens (tertiary/aromatic N) is 2. The molecular weight excluding hydrogens is 327 g/mol. The molecule has 1 aromatic carbocycles. The molecule has 1 heterocycles. The molecular formula is C14H14Cl2N4O2. The van der Waals surface area contributed by atoms with Crippen molar-refractivity contribution in [3.05, 3.63) is 46.1 Å². The second-order valence-corrected chi connectivity index (χ2v) is 5.12. The first-order chi connectivity index (χ1) is 10.6. The van der Waals surface area contributed by atoms with Crippen LogP contribution in [0.15, 0.2) is 30.3 Å². The third-order valence-corrected chi connectivity index (χ3v) is 3.43. The van der Waals surface area contributed by atoms with Crippen molar-refractivity contribution in [3.8, 4) is 0 Å². The molecule has 2 rings (SSSR count). The van der Waals surface area contributed by atoms with Gasteiger partial charge in [-0.1, -0.05) is 23.2 Å². The van der Waals surface area contributed by atoms with Crippen molar-refractivity contribution in [2.75, 3.05) is 30.9 Å². The standard InChI is InChI=1S/C14H14Cl2N4O2/c1-22-7-6-17-13-5-4-12(19-20-13)14(21)18-9-2-3-10(15)11(16)8-9/h2-5,8H,6-7H2,1H3,(H,17,20)(H,18,21). The van der Waals surface area contributed by atoms with Crippen molar-refractivity contribution in [2.45, 2.75) is 0 Å². The predicted octanol–water partition coefficient (Wildman–Crippen LogP) is 3.09. The maximum Gasteiger partial charge on any atom is 0.276 e. The van der Waals surface area contributed by atoms with Gasteiger partial charge in [-0.05, 0) is 30.3 Å². The lowest BCUT2D eigenvalue weighted by atomic mass is 10.3. The zero-order valence-corrected chi connectivity index (χ0v) is 13.3. The minimum absolute atomic E-state index is 0.198. The van der Waals surface area contributed by atoms with Gasteiger partial charge in [0.15, 0.2) is 5.69 Å². The van der Waals surface area contributed by atoms with Crippen LogP contribution < -0.4 is 10.6 Å². The number of amides is 1. The van der Waals surface area contributed by atoms with E-state index in [-0.39, 0.29) is 11.6 Å². The summed E-state index contributed by atoms with van der Waals surface area (Å²) in [5.74, 6) is 0.192.